The zero-order valence-electron chi connectivity index (χ0n) is 10.3. The van der Waals surface area contributed by atoms with E-state index >= 15 is 0 Å². The molecule has 17 heavy (non-hydrogen) atoms. The maximum atomic E-state index is 5.97. The molecule has 2 nitrogen and oxygen atoms in total. The summed E-state index contributed by atoms with van der Waals surface area (Å²) in [6, 6.07) is 4.44. The molecule has 96 valence electrons. The highest BCUT2D eigenvalue weighted by atomic mass is 35.5. The van der Waals surface area contributed by atoms with Gasteiger partial charge in [-0.05, 0) is 36.8 Å². The van der Waals surface area contributed by atoms with Crippen molar-refractivity contribution in [3.05, 3.63) is 21.3 Å². The van der Waals surface area contributed by atoms with Crippen molar-refractivity contribution in [3.63, 3.8) is 0 Å². The van der Waals surface area contributed by atoms with Gasteiger partial charge in [-0.1, -0.05) is 37.8 Å². The molecule has 0 aromatic carbocycles. The van der Waals surface area contributed by atoms with Crippen LogP contribution in [0.1, 0.15) is 43.9 Å². The molecule has 1 fully saturated rings. The van der Waals surface area contributed by atoms with Crippen LogP contribution in [-0.2, 0) is 6.42 Å². The average molecular weight is 273 g/mol. The van der Waals surface area contributed by atoms with E-state index in [1.165, 1.54) is 37.0 Å². The Kier molecular flexibility index (Phi) is 4.47. The standard InChI is InChI=1S/C13H21ClN2S/c1-13(7-3-2-4-8-13)11(16-15)9-10-5-6-12(14)17-10/h5-6,11,16H,2-4,7-9,15H2,1H3. The van der Waals surface area contributed by atoms with Crippen LogP contribution in [0, 0.1) is 5.41 Å². The summed E-state index contributed by atoms with van der Waals surface area (Å²) in [6.45, 7) is 2.37. The van der Waals surface area contributed by atoms with E-state index < -0.39 is 0 Å². The number of halogens is 1. The fourth-order valence-electron chi connectivity index (χ4n) is 2.88. The first kappa shape index (κ1) is 13.3. The summed E-state index contributed by atoms with van der Waals surface area (Å²) in [5.74, 6) is 5.77. The van der Waals surface area contributed by atoms with Crippen LogP contribution in [0.3, 0.4) is 0 Å². The molecule has 3 N–H and O–H groups in total. The van der Waals surface area contributed by atoms with Gasteiger partial charge in [0.25, 0.3) is 0 Å². The molecule has 1 unspecified atom stereocenters. The Morgan fingerprint density at radius 3 is 2.65 bits per heavy atom. The first-order valence-electron chi connectivity index (χ1n) is 6.34. The van der Waals surface area contributed by atoms with Crippen LogP contribution in [0.4, 0.5) is 0 Å². The van der Waals surface area contributed by atoms with Crippen LogP contribution in [0.5, 0.6) is 0 Å². The quantitative estimate of drug-likeness (QED) is 0.647. The summed E-state index contributed by atoms with van der Waals surface area (Å²) >= 11 is 7.64. The van der Waals surface area contributed by atoms with Crippen molar-refractivity contribution in [1.82, 2.24) is 5.43 Å². The van der Waals surface area contributed by atoms with Crippen LogP contribution in [0.25, 0.3) is 0 Å². The maximum Gasteiger partial charge on any atom is 0.0931 e. The largest absolute Gasteiger partial charge is 0.271 e. The highest BCUT2D eigenvalue weighted by Gasteiger charge is 2.35. The molecule has 1 saturated carbocycles. The molecule has 1 heterocycles. The van der Waals surface area contributed by atoms with Gasteiger partial charge < -0.3 is 0 Å². The van der Waals surface area contributed by atoms with Gasteiger partial charge in [-0.15, -0.1) is 11.3 Å². The van der Waals surface area contributed by atoms with E-state index in [-0.39, 0.29) is 0 Å². The number of hydrogen-bond donors (Lipinski definition) is 2. The molecule has 4 heteroatoms. The van der Waals surface area contributed by atoms with Gasteiger partial charge in [-0.3, -0.25) is 11.3 Å². The van der Waals surface area contributed by atoms with Gasteiger partial charge in [0.15, 0.2) is 0 Å². The summed E-state index contributed by atoms with van der Waals surface area (Å²) in [5, 5.41) is 0. The second kappa shape index (κ2) is 5.70. The van der Waals surface area contributed by atoms with Gasteiger partial charge in [-0.2, -0.15) is 0 Å². The highest BCUT2D eigenvalue weighted by molar-refractivity contribution is 7.16. The third-order valence-corrected chi connectivity index (χ3v) is 5.33. The molecule has 1 aromatic rings. The zero-order valence-corrected chi connectivity index (χ0v) is 11.9. The molecule has 0 bridgehead atoms. The number of nitrogens with two attached hydrogens (primary N) is 1. The van der Waals surface area contributed by atoms with Gasteiger partial charge in [-0.25, -0.2) is 0 Å². The molecule has 1 aliphatic carbocycles. The van der Waals surface area contributed by atoms with Crippen molar-refractivity contribution in [2.45, 2.75) is 51.5 Å². The molecule has 0 spiro atoms. The van der Waals surface area contributed by atoms with E-state index in [0.717, 1.165) is 10.8 Å². The lowest BCUT2D eigenvalue weighted by atomic mass is 9.70. The van der Waals surface area contributed by atoms with Gasteiger partial charge in [0.2, 0.25) is 0 Å². The molecule has 1 atom stereocenters. The smallest absolute Gasteiger partial charge is 0.0931 e. The minimum absolute atomic E-state index is 0.337. The minimum atomic E-state index is 0.337. The highest BCUT2D eigenvalue weighted by Crippen LogP contribution is 2.40. The Balaban J connectivity index is 2.05. The Hall–Kier alpha value is -0.0900. The van der Waals surface area contributed by atoms with Gasteiger partial charge in [0.1, 0.15) is 0 Å². The number of hydrogen-bond acceptors (Lipinski definition) is 3. The third kappa shape index (κ3) is 3.22. The Morgan fingerprint density at radius 2 is 2.12 bits per heavy atom. The molecule has 0 amide bonds. The lowest BCUT2D eigenvalue weighted by Gasteiger charge is -2.40. The van der Waals surface area contributed by atoms with E-state index in [2.05, 4.69) is 18.4 Å². The van der Waals surface area contributed by atoms with E-state index in [9.17, 15) is 0 Å². The lowest BCUT2D eigenvalue weighted by molar-refractivity contribution is 0.144. The molecule has 1 aromatic heterocycles. The molecular weight excluding hydrogens is 252 g/mol. The Morgan fingerprint density at radius 1 is 1.41 bits per heavy atom. The first-order valence-corrected chi connectivity index (χ1v) is 7.54. The maximum absolute atomic E-state index is 5.97. The van der Waals surface area contributed by atoms with E-state index in [0.29, 0.717) is 11.5 Å². The van der Waals surface area contributed by atoms with Gasteiger partial charge >= 0.3 is 0 Å². The predicted molar refractivity (Wildman–Crippen MR) is 75.3 cm³/mol. The minimum Gasteiger partial charge on any atom is -0.271 e. The third-order valence-electron chi connectivity index (χ3n) is 4.07. The second-order valence-corrected chi connectivity index (χ2v) is 7.14. The Labute approximate surface area is 113 Å². The first-order chi connectivity index (χ1) is 8.14. The zero-order chi connectivity index (χ0) is 12.3. The van der Waals surface area contributed by atoms with E-state index in [4.69, 9.17) is 17.4 Å². The monoisotopic (exact) mass is 272 g/mol. The molecule has 0 aliphatic heterocycles. The van der Waals surface area contributed by atoms with E-state index in [1.54, 1.807) is 11.3 Å². The van der Waals surface area contributed by atoms with Crippen molar-refractivity contribution in [2.24, 2.45) is 11.3 Å². The fraction of sp³-hybridized carbons (Fsp3) is 0.692. The lowest BCUT2D eigenvalue weighted by Crippen LogP contribution is -2.49. The summed E-state index contributed by atoms with van der Waals surface area (Å²) < 4.78 is 0.865. The Bertz CT molecular complexity index is 358. The SMILES string of the molecule is CC1(C(Cc2ccc(Cl)s2)NN)CCCCC1. The average Bonchev–Trinajstić information content (AvgIpc) is 2.72. The van der Waals surface area contributed by atoms with E-state index in [1.807, 2.05) is 6.07 Å². The second-order valence-electron chi connectivity index (χ2n) is 5.34. The van der Waals surface area contributed by atoms with Gasteiger partial charge in [0, 0.05) is 10.9 Å². The number of thiophene rings is 1. The van der Waals surface area contributed by atoms with Crippen LogP contribution in [0.15, 0.2) is 12.1 Å². The van der Waals surface area contributed by atoms with Crippen LogP contribution < -0.4 is 11.3 Å². The van der Waals surface area contributed by atoms with Crippen molar-refractivity contribution < 1.29 is 0 Å². The van der Waals surface area contributed by atoms with Crippen molar-refractivity contribution in [2.75, 3.05) is 0 Å². The topological polar surface area (TPSA) is 38.0 Å². The summed E-state index contributed by atoms with van der Waals surface area (Å²) in [5.41, 5.74) is 3.37. The van der Waals surface area contributed by atoms with Crippen LogP contribution in [-0.4, -0.2) is 6.04 Å². The van der Waals surface area contributed by atoms with Crippen LogP contribution >= 0.6 is 22.9 Å². The molecule has 0 saturated heterocycles. The van der Waals surface area contributed by atoms with Crippen molar-refractivity contribution in [3.8, 4) is 0 Å². The summed E-state index contributed by atoms with van der Waals surface area (Å²) in [6.07, 6.45) is 7.59. The molecule has 1 aliphatic rings. The molecule has 0 radical (unpaired) electrons. The summed E-state index contributed by atoms with van der Waals surface area (Å²) in [4.78, 5) is 1.32. The number of hydrazine groups is 1. The normalized spacial score (nSPS) is 21.4. The number of rotatable bonds is 4. The van der Waals surface area contributed by atoms with Crippen molar-refractivity contribution in [1.29, 1.82) is 0 Å². The number of nitrogens with one attached hydrogen (secondary N) is 1. The van der Waals surface area contributed by atoms with Gasteiger partial charge in [0.05, 0.1) is 4.34 Å². The predicted octanol–water partition coefficient (Wildman–Crippen LogP) is 3.75. The summed E-state index contributed by atoms with van der Waals surface area (Å²) in [7, 11) is 0. The van der Waals surface area contributed by atoms with Crippen LogP contribution in [0.2, 0.25) is 4.34 Å². The molecular formula is C13H21ClN2S. The van der Waals surface area contributed by atoms with Crippen molar-refractivity contribution >= 4 is 22.9 Å². The fourth-order valence-corrected chi connectivity index (χ4v) is 4.01. The molecule has 2 rings (SSSR count).